The SMILES string of the molecule is Cc1ncc(C(=O)N(C)C[C@H]2CCCc3sc(C)nc32)c(C)n1. The Hall–Kier alpha value is -1.82. The molecule has 0 bridgehead atoms. The van der Waals surface area contributed by atoms with Crippen LogP contribution in [-0.2, 0) is 6.42 Å². The zero-order chi connectivity index (χ0) is 16.6. The number of hydrogen-bond acceptors (Lipinski definition) is 5. The number of rotatable bonds is 3. The molecule has 0 aromatic carbocycles. The predicted molar refractivity (Wildman–Crippen MR) is 91.0 cm³/mol. The highest BCUT2D eigenvalue weighted by atomic mass is 32.1. The van der Waals surface area contributed by atoms with E-state index in [0.29, 0.717) is 23.9 Å². The zero-order valence-corrected chi connectivity index (χ0v) is 14.9. The van der Waals surface area contributed by atoms with Gasteiger partial charge in [0.15, 0.2) is 0 Å². The van der Waals surface area contributed by atoms with Crippen molar-refractivity contribution in [3.05, 3.63) is 38.9 Å². The monoisotopic (exact) mass is 330 g/mol. The van der Waals surface area contributed by atoms with Crippen LogP contribution in [0.1, 0.15) is 56.2 Å². The number of hydrogen-bond donors (Lipinski definition) is 0. The second-order valence-corrected chi connectivity index (χ2v) is 7.52. The van der Waals surface area contributed by atoms with Crippen LogP contribution < -0.4 is 0 Å². The van der Waals surface area contributed by atoms with Crippen LogP contribution in [0.2, 0.25) is 0 Å². The van der Waals surface area contributed by atoms with Crippen LogP contribution in [0.4, 0.5) is 0 Å². The summed E-state index contributed by atoms with van der Waals surface area (Å²) < 4.78 is 0. The Morgan fingerprint density at radius 2 is 2.13 bits per heavy atom. The summed E-state index contributed by atoms with van der Waals surface area (Å²) >= 11 is 1.80. The lowest BCUT2D eigenvalue weighted by molar-refractivity contribution is 0.0781. The third-order valence-electron chi connectivity index (χ3n) is 4.35. The lowest BCUT2D eigenvalue weighted by Gasteiger charge is -2.26. The highest BCUT2D eigenvalue weighted by molar-refractivity contribution is 7.11. The first kappa shape index (κ1) is 16.1. The first-order valence-corrected chi connectivity index (χ1v) is 8.79. The summed E-state index contributed by atoms with van der Waals surface area (Å²) in [4.78, 5) is 29.0. The molecule has 0 radical (unpaired) electrons. The van der Waals surface area contributed by atoms with Gasteiger partial charge < -0.3 is 4.90 Å². The predicted octanol–water partition coefficient (Wildman–Crippen LogP) is 3.05. The molecule has 2 aromatic heterocycles. The molecule has 2 heterocycles. The first-order valence-electron chi connectivity index (χ1n) is 7.97. The van der Waals surface area contributed by atoms with E-state index in [2.05, 4.69) is 16.9 Å². The molecule has 0 saturated carbocycles. The minimum atomic E-state index is -0.0124. The summed E-state index contributed by atoms with van der Waals surface area (Å²) in [5, 5.41) is 1.12. The fraction of sp³-hybridized carbons (Fsp3) is 0.529. The fourth-order valence-corrected chi connectivity index (χ4v) is 4.28. The van der Waals surface area contributed by atoms with Crippen LogP contribution in [0, 0.1) is 20.8 Å². The van der Waals surface area contributed by atoms with Gasteiger partial charge in [0.05, 0.1) is 22.0 Å². The Morgan fingerprint density at radius 3 is 2.87 bits per heavy atom. The van der Waals surface area contributed by atoms with Gasteiger partial charge in [-0.3, -0.25) is 4.79 Å². The van der Waals surface area contributed by atoms with Crippen LogP contribution in [0.3, 0.4) is 0 Å². The molecule has 5 nitrogen and oxygen atoms in total. The molecule has 1 atom stereocenters. The second-order valence-electron chi connectivity index (χ2n) is 6.23. The number of aryl methyl sites for hydroxylation is 4. The van der Waals surface area contributed by atoms with Gasteiger partial charge >= 0.3 is 0 Å². The highest BCUT2D eigenvalue weighted by Gasteiger charge is 2.27. The van der Waals surface area contributed by atoms with Gasteiger partial charge in [-0.05, 0) is 40.0 Å². The topological polar surface area (TPSA) is 59.0 Å². The molecular weight excluding hydrogens is 308 g/mol. The molecule has 0 fully saturated rings. The normalized spacial score (nSPS) is 17.0. The van der Waals surface area contributed by atoms with E-state index >= 15 is 0 Å². The number of amides is 1. The van der Waals surface area contributed by atoms with Crippen molar-refractivity contribution in [1.82, 2.24) is 19.9 Å². The number of nitrogens with zero attached hydrogens (tertiary/aromatic N) is 4. The number of fused-ring (bicyclic) bond motifs is 1. The average molecular weight is 330 g/mol. The van der Waals surface area contributed by atoms with E-state index in [-0.39, 0.29) is 5.91 Å². The summed E-state index contributed by atoms with van der Waals surface area (Å²) in [6.07, 6.45) is 5.03. The Kier molecular flexibility index (Phi) is 4.43. The van der Waals surface area contributed by atoms with Crippen molar-refractivity contribution in [3.63, 3.8) is 0 Å². The Morgan fingerprint density at radius 1 is 1.35 bits per heavy atom. The summed E-state index contributed by atoms with van der Waals surface area (Å²) in [5.41, 5.74) is 2.53. The lowest BCUT2D eigenvalue weighted by atomic mass is 9.90. The van der Waals surface area contributed by atoms with E-state index in [9.17, 15) is 4.79 Å². The molecule has 0 N–H and O–H groups in total. The third kappa shape index (κ3) is 3.27. The van der Waals surface area contributed by atoms with Crippen LogP contribution in [-0.4, -0.2) is 39.4 Å². The van der Waals surface area contributed by atoms with E-state index in [0.717, 1.165) is 23.5 Å². The lowest BCUT2D eigenvalue weighted by Crippen LogP contribution is -2.33. The molecule has 0 saturated heterocycles. The van der Waals surface area contributed by atoms with E-state index in [1.807, 2.05) is 20.9 Å². The maximum atomic E-state index is 12.7. The molecule has 3 rings (SSSR count). The zero-order valence-electron chi connectivity index (χ0n) is 14.1. The molecule has 6 heteroatoms. The molecule has 0 aliphatic heterocycles. The number of thiazole rings is 1. The van der Waals surface area contributed by atoms with Crippen molar-refractivity contribution >= 4 is 17.2 Å². The minimum absolute atomic E-state index is 0.0124. The van der Waals surface area contributed by atoms with Crippen molar-refractivity contribution in [1.29, 1.82) is 0 Å². The summed E-state index contributed by atoms with van der Waals surface area (Å²) in [5.74, 6) is 1.02. The van der Waals surface area contributed by atoms with Crippen LogP contribution >= 0.6 is 11.3 Å². The van der Waals surface area contributed by atoms with Crippen molar-refractivity contribution in [2.75, 3.05) is 13.6 Å². The summed E-state index contributed by atoms with van der Waals surface area (Å²) in [6, 6.07) is 0. The largest absolute Gasteiger partial charge is 0.341 e. The third-order valence-corrected chi connectivity index (χ3v) is 5.40. The molecule has 0 unspecified atom stereocenters. The molecule has 0 spiro atoms. The molecule has 23 heavy (non-hydrogen) atoms. The van der Waals surface area contributed by atoms with Gasteiger partial charge in [-0.15, -0.1) is 11.3 Å². The van der Waals surface area contributed by atoms with Gasteiger partial charge in [-0.25, -0.2) is 15.0 Å². The van der Waals surface area contributed by atoms with Gasteiger partial charge in [0.2, 0.25) is 0 Å². The van der Waals surface area contributed by atoms with Crippen LogP contribution in [0.15, 0.2) is 6.20 Å². The fourth-order valence-electron chi connectivity index (χ4n) is 3.22. The number of carbonyl (C=O) groups is 1. The average Bonchev–Trinajstić information content (AvgIpc) is 2.88. The Bertz CT molecular complexity index is 740. The highest BCUT2D eigenvalue weighted by Crippen LogP contribution is 2.35. The molecule has 1 aliphatic rings. The molecule has 2 aromatic rings. The van der Waals surface area contributed by atoms with E-state index < -0.39 is 0 Å². The van der Waals surface area contributed by atoms with Crippen molar-refractivity contribution in [2.24, 2.45) is 0 Å². The molecule has 122 valence electrons. The van der Waals surface area contributed by atoms with Gasteiger partial charge in [-0.1, -0.05) is 0 Å². The standard InChI is InChI=1S/C17H22N4OS/c1-10-14(8-18-11(2)19-10)17(22)21(4)9-13-6-5-7-15-16(13)20-12(3)23-15/h8,13H,5-7,9H2,1-4H3/t13-/m1/s1. The number of carbonyl (C=O) groups excluding carboxylic acids is 1. The number of aromatic nitrogens is 3. The van der Waals surface area contributed by atoms with Crippen molar-refractivity contribution in [3.8, 4) is 0 Å². The van der Waals surface area contributed by atoms with Crippen molar-refractivity contribution in [2.45, 2.75) is 46.0 Å². The Balaban J connectivity index is 1.77. The first-order chi connectivity index (χ1) is 11.0. The minimum Gasteiger partial charge on any atom is -0.341 e. The van der Waals surface area contributed by atoms with Crippen LogP contribution in [0.5, 0.6) is 0 Å². The maximum absolute atomic E-state index is 12.7. The smallest absolute Gasteiger partial charge is 0.257 e. The van der Waals surface area contributed by atoms with Gasteiger partial charge in [0.1, 0.15) is 5.82 Å². The molecule has 1 amide bonds. The van der Waals surface area contributed by atoms with Crippen molar-refractivity contribution < 1.29 is 4.79 Å². The molecular formula is C17H22N4OS. The Labute approximate surface area is 140 Å². The number of likely N-dealkylation sites (N-methyl/N-ethyl adjacent to an activating group) is 1. The quantitative estimate of drug-likeness (QED) is 0.868. The summed E-state index contributed by atoms with van der Waals surface area (Å²) in [7, 11) is 1.86. The van der Waals surface area contributed by atoms with E-state index in [1.54, 1.807) is 22.4 Å². The van der Waals surface area contributed by atoms with Gasteiger partial charge in [-0.2, -0.15) is 0 Å². The van der Waals surface area contributed by atoms with Gasteiger partial charge in [0, 0.05) is 30.6 Å². The van der Waals surface area contributed by atoms with Crippen LogP contribution in [0.25, 0.3) is 0 Å². The van der Waals surface area contributed by atoms with E-state index in [1.165, 1.54) is 17.0 Å². The second kappa shape index (κ2) is 6.35. The molecule has 1 aliphatic carbocycles. The van der Waals surface area contributed by atoms with E-state index in [4.69, 9.17) is 4.98 Å². The maximum Gasteiger partial charge on any atom is 0.257 e. The van der Waals surface area contributed by atoms with Gasteiger partial charge in [0.25, 0.3) is 5.91 Å². The summed E-state index contributed by atoms with van der Waals surface area (Å²) in [6.45, 7) is 6.45.